The van der Waals surface area contributed by atoms with Crippen LogP contribution in [0.1, 0.15) is 41.6 Å². The molecule has 50 heavy (non-hydrogen) atoms. The smallest absolute Gasteiger partial charge is 0.264 e. The fourth-order valence-corrected chi connectivity index (χ4v) is 11.0. The van der Waals surface area contributed by atoms with Crippen LogP contribution >= 0.6 is 11.6 Å². The summed E-state index contributed by atoms with van der Waals surface area (Å²) in [7, 11) is -2.89. The molecule has 0 aliphatic carbocycles. The molecule has 262 valence electrons. The molecule has 1 spiro atoms. The van der Waals surface area contributed by atoms with Gasteiger partial charge in [0.15, 0.2) is 13.9 Å². The maximum absolute atomic E-state index is 14.9. The van der Waals surface area contributed by atoms with Gasteiger partial charge < -0.3 is 29.8 Å². The number of ether oxygens (including phenoxy) is 1. The highest BCUT2D eigenvalue weighted by atomic mass is 35.5. The highest BCUT2D eigenvalue weighted by molar-refractivity contribution is 6.71. The van der Waals surface area contributed by atoms with Gasteiger partial charge in [0, 0.05) is 53.6 Å². The molecule has 0 radical (unpaired) electrons. The number of carbonyl (C=O) groups is 2. The van der Waals surface area contributed by atoms with Crippen LogP contribution in [-0.2, 0) is 33.0 Å². The molecule has 13 heteroatoms. The molecule has 2 fully saturated rings. The number of halogens is 1. The first-order valence-electron chi connectivity index (χ1n) is 17.2. The molecule has 4 heterocycles. The molecule has 0 saturated carbocycles. The lowest BCUT2D eigenvalue weighted by Crippen LogP contribution is -2.48. The number of anilines is 2. The second-order valence-corrected chi connectivity index (χ2v) is 18.6. The second-order valence-electron chi connectivity index (χ2n) is 14.1. The monoisotopic (exact) mass is 714 g/mol. The summed E-state index contributed by atoms with van der Waals surface area (Å²) in [6.07, 6.45) is 1.90. The number of rotatable bonds is 10. The first-order valence-corrected chi connectivity index (χ1v) is 20.6. The zero-order valence-electron chi connectivity index (χ0n) is 28.5. The number of aryl methyl sites for hydroxylation is 1. The lowest BCUT2D eigenvalue weighted by atomic mass is 9.82. The quantitative estimate of drug-likeness (QED) is 0.206. The van der Waals surface area contributed by atoms with Crippen molar-refractivity contribution in [1.82, 2.24) is 20.3 Å². The van der Waals surface area contributed by atoms with Crippen molar-refractivity contribution in [3.05, 3.63) is 106 Å². The molecule has 1 unspecified atom stereocenters. The number of nitrogens with one attached hydrogen (secondary N) is 1. The molecule has 2 amide bonds. The molecule has 0 bridgehead atoms. The third-order valence-electron chi connectivity index (χ3n) is 10.5. The van der Waals surface area contributed by atoms with E-state index in [-0.39, 0.29) is 42.3 Å². The molecule has 3 N–H and O–H groups in total. The summed E-state index contributed by atoms with van der Waals surface area (Å²) < 4.78 is 8.73. The molecule has 5 atom stereocenters. The molecule has 2 saturated heterocycles. The van der Waals surface area contributed by atoms with Gasteiger partial charge in [0.05, 0.1) is 43.1 Å². The van der Waals surface area contributed by atoms with Crippen LogP contribution in [0.3, 0.4) is 0 Å². The van der Waals surface area contributed by atoms with Crippen molar-refractivity contribution in [2.45, 2.75) is 62.7 Å². The Morgan fingerprint density at radius 3 is 2.64 bits per heavy atom. The molecule has 1 aromatic heterocycles. The van der Waals surface area contributed by atoms with Gasteiger partial charge in [-0.2, -0.15) is 0 Å². The number of aliphatic hydroxyl groups is 1. The van der Waals surface area contributed by atoms with Crippen molar-refractivity contribution < 1.29 is 24.2 Å². The topological polar surface area (TPSA) is 133 Å². The number of nitrogens with zero attached hydrogens (tertiary/aromatic N) is 5. The van der Waals surface area contributed by atoms with Gasteiger partial charge in [0.1, 0.15) is 0 Å². The molecule has 4 aromatic rings. The molecule has 3 aromatic carbocycles. The van der Waals surface area contributed by atoms with Gasteiger partial charge >= 0.3 is 0 Å². The Morgan fingerprint density at radius 2 is 1.90 bits per heavy atom. The first-order chi connectivity index (χ1) is 24.0. The van der Waals surface area contributed by atoms with Crippen LogP contribution in [0.2, 0.25) is 23.7 Å². The predicted octanol–water partition coefficient (Wildman–Crippen LogP) is 4.43. The number of piperazine rings is 1. The number of fused-ring (bicyclic) bond motifs is 2. The number of benzene rings is 3. The van der Waals surface area contributed by atoms with E-state index in [0.29, 0.717) is 48.9 Å². The van der Waals surface area contributed by atoms with E-state index in [2.05, 4.69) is 15.6 Å². The minimum Gasteiger partial charge on any atom is -0.432 e. The van der Waals surface area contributed by atoms with Crippen molar-refractivity contribution in [2.75, 3.05) is 36.0 Å². The highest BCUT2D eigenvalue weighted by Crippen LogP contribution is 2.60. The Morgan fingerprint density at radius 1 is 1.10 bits per heavy atom. The maximum atomic E-state index is 14.9. The molecule has 3 aliphatic heterocycles. The lowest BCUT2D eigenvalue weighted by Gasteiger charge is -2.32. The van der Waals surface area contributed by atoms with E-state index in [1.54, 1.807) is 20.5 Å². The minimum atomic E-state index is -2.89. The van der Waals surface area contributed by atoms with E-state index in [0.717, 1.165) is 22.5 Å². The molecule has 3 aliphatic rings. The van der Waals surface area contributed by atoms with Gasteiger partial charge in [-0.15, -0.1) is 5.10 Å². The Bertz CT molecular complexity index is 1890. The highest BCUT2D eigenvalue weighted by Gasteiger charge is 2.66. The van der Waals surface area contributed by atoms with Crippen LogP contribution < -0.4 is 15.1 Å². The van der Waals surface area contributed by atoms with Crippen LogP contribution in [0.5, 0.6) is 0 Å². The summed E-state index contributed by atoms with van der Waals surface area (Å²) in [5.74, 6) is -0.818. The number of hydrogen-bond acceptors (Lipinski definition) is 8. The van der Waals surface area contributed by atoms with Gasteiger partial charge in [0.25, 0.3) is 5.91 Å². The standard InChI is InChI=1S/C37H43ClN6O5Si/c1-24-35(50(2,3)48)33(14-16-42-22-31(40-41-42)29(23-45)26-9-5-4-6-10-26)49-37(24)30-19-27(38)12-13-32(30)44(36(37)47)21-25-8-7-11-28(18-25)43-17-15-39-20-34(43)46/h4-13,18-19,22,24,29,33,35,39,45,48H,14-17,20-21,23H2,1-3H3/t24-,29?,33+,35-,37+/m1/s1. The molecule has 7 rings (SSSR count). The molecule has 11 nitrogen and oxygen atoms in total. The van der Waals surface area contributed by atoms with Crippen LogP contribution in [0.15, 0.2) is 79.0 Å². The zero-order chi connectivity index (χ0) is 35.2. The summed E-state index contributed by atoms with van der Waals surface area (Å²) in [5, 5.41) is 22.5. The summed E-state index contributed by atoms with van der Waals surface area (Å²) in [5.41, 5.74) is 3.14. The van der Waals surface area contributed by atoms with Crippen molar-refractivity contribution in [3.63, 3.8) is 0 Å². The largest absolute Gasteiger partial charge is 0.432 e. The summed E-state index contributed by atoms with van der Waals surface area (Å²) in [6.45, 7) is 8.04. The van der Waals surface area contributed by atoms with Crippen molar-refractivity contribution in [1.29, 1.82) is 0 Å². The summed E-state index contributed by atoms with van der Waals surface area (Å²) in [6, 6.07) is 23.0. The predicted molar refractivity (Wildman–Crippen MR) is 193 cm³/mol. The van der Waals surface area contributed by atoms with Gasteiger partial charge in [-0.1, -0.05) is 66.2 Å². The SMILES string of the molecule is C[C@@H]1[C@@H]([Si](C)(C)O)[C@H](CCn2cc(C(CO)c3ccccc3)nn2)O[C@@]12C(=O)N(Cc1cccc(N3CCNCC3=O)c1)c1ccc(Cl)cc12. The van der Waals surface area contributed by atoms with Crippen LogP contribution in [-0.4, -0.2) is 77.4 Å². The summed E-state index contributed by atoms with van der Waals surface area (Å²) >= 11 is 6.59. The minimum absolute atomic E-state index is 0.0113. The normalized spacial score (nSPS) is 24.3. The number of aromatic nitrogens is 3. The average molecular weight is 715 g/mol. The average Bonchev–Trinajstić information content (AvgIpc) is 3.75. The van der Waals surface area contributed by atoms with Gasteiger partial charge in [-0.3, -0.25) is 14.3 Å². The van der Waals surface area contributed by atoms with Crippen LogP contribution in [0.25, 0.3) is 0 Å². The number of hydrogen-bond donors (Lipinski definition) is 3. The van der Waals surface area contributed by atoms with E-state index in [1.807, 2.05) is 92.9 Å². The fourth-order valence-electron chi connectivity index (χ4n) is 8.26. The second kappa shape index (κ2) is 13.7. The Labute approximate surface area is 297 Å². The van der Waals surface area contributed by atoms with E-state index >= 15 is 0 Å². The van der Waals surface area contributed by atoms with E-state index < -0.39 is 20.0 Å². The van der Waals surface area contributed by atoms with E-state index in [4.69, 9.17) is 16.3 Å². The summed E-state index contributed by atoms with van der Waals surface area (Å²) in [4.78, 5) is 42.7. The van der Waals surface area contributed by atoms with Crippen molar-refractivity contribution in [2.24, 2.45) is 5.92 Å². The van der Waals surface area contributed by atoms with E-state index in [9.17, 15) is 19.5 Å². The number of aliphatic hydroxyl groups excluding tert-OH is 1. The maximum Gasteiger partial charge on any atom is 0.264 e. The third-order valence-corrected chi connectivity index (χ3v) is 13.3. The van der Waals surface area contributed by atoms with Gasteiger partial charge in [-0.05, 0) is 61.0 Å². The van der Waals surface area contributed by atoms with Gasteiger partial charge in [0.2, 0.25) is 5.91 Å². The Balaban J connectivity index is 1.17. The van der Waals surface area contributed by atoms with Crippen molar-refractivity contribution in [3.8, 4) is 0 Å². The molecular weight excluding hydrogens is 672 g/mol. The number of carbonyl (C=O) groups excluding carboxylic acids is 2. The Hall–Kier alpha value is -3.91. The zero-order valence-corrected chi connectivity index (χ0v) is 30.3. The van der Waals surface area contributed by atoms with E-state index in [1.165, 1.54) is 0 Å². The first kappa shape index (κ1) is 34.5. The fraction of sp³-hybridized carbons (Fsp3) is 0.405. The third kappa shape index (κ3) is 6.18. The number of amides is 2. The van der Waals surface area contributed by atoms with Gasteiger partial charge in [-0.25, -0.2) is 0 Å². The molecular formula is C37H43ClN6O5Si. The van der Waals surface area contributed by atoms with Crippen LogP contribution in [0, 0.1) is 5.92 Å². The van der Waals surface area contributed by atoms with Crippen LogP contribution in [0.4, 0.5) is 11.4 Å². The lowest BCUT2D eigenvalue weighted by molar-refractivity contribution is -0.146. The Kier molecular flexibility index (Phi) is 9.44. The van der Waals surface area contributed by atoms with Crippen molar-refractivity contribution >= 4 is 43.1 Å².